The Morgan fingerprint density at radius 2 is 1.19 bits per heavy atom. The Labute approximate surface area is 312 Å². The number of fused-ring (bicyclic) bond motifs is 11. The van der Waals surface area contributed by atoms with E-state index in [9.17, 15) is 0 Å². The number of hydrogen-bond acceptors (Lipinski definition) is 3. The van der Waals surface area contributed by atoms with Gasteiger partial charge in [-0.25, -0.2) is 4.98 Å². The molecule has 54 heavy (non-hydrogen) atoms. The van der Waals surface area contributed by atoms with Crippen molar-refractivity contribution in [3.8, 4) is 28.2 Å². The van der Waals surface area contributed by atoms with E-state index in [0.717, 1.165) is 56.2 Å². The van der Waals surface area contributed by atoms with Gasteiger partial charge in [0.15, 0.2) is 0 Å². The second-order valence-electron chi connectivity index (χ2n) is 14.5. The maximum atomic E-state index is 5.65. The van der Waals surface area contributed by atoms with Crippen molar-refractivity contribution in [2.45, 2.75) is 11.6 Å². The van der Waals surface area contributed by atoms with Gasteiger partial charge in [0.2, 0.25) is 0 Å². The Kier molecular flexibility index (Phi) is 6.01. The van der Waals surface area contributed by atoms with E-state index < -0.39 is 5.41 Å². The molecule has 0 radical (unpaired) electrons. The van der Waals surface area contributed by atoms with Crippen molar-refractivity contribution in [2.24, 2.45) is 4.99 Å². The van der Waals surface area contributed by atoms with Gasteiger partial charge in [0.1, 0.15) is 12.0 Å². The van der Waals surface area contributed by atoms with Crippen molar-refractivity contribution in [1.82, 2.24) is 9.55 Å². The quantitative estimate of drug-likeness (QED) is 0.201. The minimum atomic E-state index is -0.559. The monoisotopic (exact) mass is 688 g/mol. The van der Waals surface area contributed by atoms with Crippen LogP contribution in [-0.2, 0) is 5.41 Å². The molecule has 0 saturated heterocycles. The number of anilines is 1. The molecular weight excluding hydrogens is 657 g/mol. The number of benzene rings is 8. The Balaban J connectivity index is 1.15. The molecule has 2 unspecified atom stereocenters. The summed E-state index contributed by atoms with van der Waals surface area (Å²) in [6.07, 6.45) is -0.308. The van der Waals surface area contributed by atoms with E-state index >= 15 is 0 Å². The van der Waals surface area contributed by atoms with E-state index in [4.69, 9.17) is 9.98 Å². The van der Waals surface area contributed by atoms with Gasteiger partial charge < -0.3 is 5.32 Å². The van der Waals surface area contributed by atoms with Crippen LogP contribution in [0.4, 0.5) is 5.69 Å². The van der Waals surface area contributed by atoms with Crippen LogP contribution in [0.5, 0.6) is 0 Å². The van der Waals surface area contributed by atoms with Crippen LogP contribution >= 0.6 is 0 Å². The first-order chi connectivity index (χ1) is 26.8. The van der Waals surface area contributed by atoms with Crippen molar-refractivity contribution >= 4 is 33.2 Å². The highest BCUT2D eigenvalue weighted by atomic mass is 15.1. The van der Waals surface area contributed by atoms with Crippen LogP contribution < -0.4 is 5.32 Å². The number of hydrogen-bond donors (Lipinski definition) is 1. The van der Waals surface area contributed by atoms with E-state index in [-0.39, 0.29) is 6.17 Å². The molecule has 2 atom stereocenters. The van der Waals surface area contributed by atoms with Crippen LogP contribution in [0.1, 0.15) is 45.1 Å². The number of rotatable bonds is 3. The Hall–Kier alpha value is -7.04. The largest absolute Gasteiger partial charge is 0.359 e. The highest BCUT2D eigenvalue weighted by Gasteiger charge is 2.52. The number of aliphatic imine (C=N–C) groups is 1. The SMILES string of the molecule is c1ccc(-c2nc3cccc4c3n2-c2ccccc2C42c3ccccc3-c3c(C4N=C(c5cccc6ccccc56)c5ccccc5N4)cccc32)cc1. The molecule has 1 spiro atoms. The highest BCUT2D eigenvalue weighted by Crippen LogP contribution is 2.61. The van der Waals surface area contributed by atoms with Gasteiger partial charge in [0.05, 0.1) is 27.8 Å². The molecule has 0 amide bonds. The molecule has 1 aromatic heterocycles. The second-order valence-corrected chi connectivity index (χ2v) is 14.5. The topological polar surface area (TPSA) is 42.2 Å². The summed E-state index contributed by atoms with van der Waals surface area (Å²) in [5.74, 6) is 0.959. The lowest BCUT2D eigenvalue weighted by molar-refractivity contribution is 0.743. The minimum Gasteiger partial charge on any atom is -0.359 e. The molecule has 1 N–H and O–H groups in total. The zero-order chi connectivity index (χ0) is 35.4. The molecule has 9 aromatic rings. The smallest absolute Gasteiger partial charge is 0.146 e. The van der Waals surface area contributed by atoms with Gasteiger partial charge in [-0.15, -0.1) is 0 Å². The Morgan fingerprint density at radius 3 is 2.11 bits per heavy atom. The van der Waals surface area contributed by atoms with Crippen LogP contribution in [0.2, 0.25) is 0 Å². The zero-order valence-corrected chi connectivity index (χ0v) is 29.2. The average Bonchev–Trinajstić information content (AvgIpc) is 3.78. The average molecular weight is 689 g/mol. The summed E-state index contributed by atoms with van der Waals surface area (Å²) < 4.78 is 2.39. The van der Waals surface area contributed by atoms with Crippen molar-refractivity contribution in [2.75, 3.05) is 5.32 Å². The molecule has 0 saturated carbocycles. The third-order valence-corrected chi connectivity index (χ3v) is 11.8. The van der Waals surface area contributed by atoms with Gasteiger partial charge >= 0.3 is 0 Å². The summed E-state index contributed by atoms with van der Waals surface area (Å²) in [6, 6.07) is 65.8. The number of nitrogens with zero attached hydrogens (tertiary/aromatic N) is 3. The molecule has 2 aliphatic heterocycles. The maximum absolute atomic E-state index is 5.65. The van der Waals surface area contributed by atoms with Crippen molar-refractivity contribution in [1.29, 1.82) is 0 Å². The van der Waals surface area contributed by atoms with Crippen LogP contribution in [0.3, 0.4) is 0 Å². The second kappa shape index (κ2) is 11.0. The summed E-state index contributed by atoms with van der Waals surface area (Å²) in [7, 11) is 0. The van der Waals surface area contributed by atoms with E-state index in [1.165, 1.54) is 44.2 Å². The number of para-hydroxylation sites is 3. The summed E-state index contributed by atoms with van der Waals surface area (Å²) in [5.41, 5.74) is 16.9. The molecule has 0 bridgehead atoms. The predicted molar refractivity (Wildman–Crippen MR) is 220 cm³/mol. The van der Waals surface area contributed by atoms with Gasteiger partial charge in [-0.3, -0.25) is 9.56 Å². The molecule has 3 aliphatic rings. The van der Waals surface area contributed by atoms with Crippen LogP contribution in [-0.4, -0.2) is 15.3 Å². The van der Waals surface area contributed by atoms with Crippen molar-refractivity contribution < 1.29 is 0 Å². The minimum absolute atomic E-state index is 0.308. The van der Waals surface area contributed by atoms with Crippen molar-refractivity contribution in [3.63, 3.8) is 0 Å². The third kappa shape index (κ3) is 3.81. The maximum Gasteiger partial charge on any atom is 0.146 e. The van der Waals surface area contributed by atoms with Crippen LogP contribution in [0.25, 0.3) is 50.0 Å². The van der Waals surface area contributed by atoms with E-state index in [2.05, 4.69) is 192 Å². The van der Waals surface area contributed by atoms with E-state index in [1.807, 2.05) is 0 Å². The Morgan fingerprint density at radius 1 is 0.519 bits per heavy atom. The zero-order valence-electron chi connectivity index (χ0n) is 29.2. The lowest BCUT2D eigenvalue weighted by Gasteiger charge is -2.39. The summed E-state index contributed by atoms with van der Waals surface area (Å²) in [4.78, 5) is 11.0. The van der Waals surface area contributed by atoms with Crippen LogP contribution in [0, 0.1) is 0 Å². The molecule has 1 aliphatic carbocycles. The lowest BCUT2D eigenvalue weighted by atomic mass is 9.65. The number of imidazole rings is 1. The summed E-state index contributed by atoms with van der Waals surface area (Å²) in [5, 5.41) is 6.30. The first-order valence-electron chi connectivity index (χ1n) is 18.6. The van der Waals surface area contributed by atoms with Gasteiger partial charge in [0.25, 0.3) is 0 Å². The van der Waals surface area contributed by atoms with Gasteiger partial charge in [-0.1, -0.05) is 164 Å². The third-order valence-electron chi connectivity index (χ3n) is 11.8. The molecule has 3 heterocycles. The summed E-state index contributed by atoms with van der Waals surface area (Å²) in [6.45, 7) is 0. The Bertz CT molecular complexity index is 3040. The fraction of sp³-hybridized carbons (Fsp3) is 0.0400. The van der Waals surface area contributed by atoms with E-state index in [0.29, 0.717) is 0 Å². The van der Waals surface area contributed by atoms with Crippen molar-refractivity contribution in [3.05, 3.63) is 221 Å². The molecule has 12 rings (SSSR count). The normalized spacial score (nSPS) is 17.4. The van der Waals surface area contributed by atoms with Gasteiger partial charge in [-0.2, -0.15) is 0 Å². The fourth-order valence-electron chi connectivity index (χ4n) is 9.73. The molecule has 0 fully saturated rings. The van der Waals surface area contributed by atoms with Crippen LogP contribution in [0.15, 0.2) is 187 Å². The number of nitrogens with one attached hydrogen (secondary N) is 1. The molecule has 252 valence electrons. The van der Waals surface area contributed by atoms with Gasteiger partial charge in [0, 0.05) is 27.9 Å². The summed E-state index contributed by atoms with van der Waals surface area (Å²) >= 11 is 0. The predicted octanol–water partition coefficient (Wildman–Crippen LogP) is 11.5. The molecule has 4 heteroatoms. The molecule has 8 aromatic carbocycles. The lowest BCUT2D eigenvalue weighted by Crippen LogP contribution is -2.33. The molecular formula is C50H32N4. The molecule has 4 nitrogen and oxygen atoms in total. The first kappa shape index (κ1) is 29.5. The van der Waals surface area contributed by atoms with Gasteiger partial charge in [-0.05, 0) is 62.4 Å². The fourth-order valence-corrected chi connectivity index (χ4v) is 9.73. The van der Waals surface area contributed by atoms with E-state index in [1.54, 1.807) is 0 Å². The highest BCUT2D eigenvalue weighted by molar-refractivity contribution is 6.22. The number of aromatic nitrogens is 2. The first-order valence-corrected chi connectivity index (χ1v) is 18.6. The standard InChI is InChI=1S/C50H32N4/c1-2-16-32(17-3-1)49-52-43-29-14-27-41-47(43)54(49)44-30-11-9-25-39(44)50(41)38-24-8-6-20-35(38)45-37(23-13-26-40(45)50)48-51-42-28-10-7-21-36(42)46(53-48)34-22-12-18-31-15-4-5-19-33(31)34/h1-30,48,51H.